The van der Waals surface area contributed by atoms with E-state index in [0.717, 1.165) is 26.2 Å². The summed E-state index contributed by atoms with van der Waals surface area (Å²) in [6.07, 6.45) is 1.66. The molecule has 0 radical (unpaired) electrons. The van der Waals surface area contributed by atoms with Crippen molar-refractivity contribution < 1.29 is 9.53 Å². The van der Waals surface area contributed by atoms with Gasteiger partial charge >= 0.3 is 5.97 Å². The molecule has 1 rings (SSSR count). The van der Waals surface area contributed by atoms with Crippen LogP contribution in [-0.4, -0.2) is 60.6 Å². The molecule has 0 aromatic rings. The van der Waals surface area contributed by atoms with Crippen LogP contribution in [0, 0.1) is 0 Å². The van der Waals surface area contributed by atoms with Crippen LogP contribution in [0.1, 0.15) is 40.5 Å². The minimum Gasteiger partial charge on any atom is -0.460 e. The largest absolute Gasteiger partial charge is 0.460 e. The van der Waals surface area contributed by atoms with Crippen molar-refractivity contribution in [2.24, 2.45) is 0 Å². The molecule has 0 saturated carbocycles. The van der Waals surface area contributed by atoms with Gasteiger partial charge in [-0.05, 0) is 34.2 Å². The summed E-state index contributed by atoms with van der Waals surface area (Å²) < 4.78 is 5.33. The fourth-order valence-electron chi connectivity index (χ4n) is 2.30. The van der Waals surface area contributed by atoms with Gasteiger partial charge in [-0.3, -0.25) is 9.69 Å². The second-order valence-electron chi connectivity index (χ2n) is 6.18. The first-order valence-corrected chi connectivity index (χ1v) is 6.96. The summed E-state index contributed by atoms with van der Waals surface area (Å²) in [5.74, 6) is -0.0884. The van der Waals surface area contributed by atoms with Crippen molar-refractivity contribution >= 4 is 5.97 Å². The number of hydrogen-bond acceptors (Lipinski definition) is 4. The first-order chi connectivity index (χ1) is 8.31. The lowest BCUT2D eigenvalue weighted by atomic mass is 10.1. The average molecular weight is 256 g/mol. The Hall–Kier alpha value is -0.610. The molecule has 1 atom stereocenters. The second-order valence-corrected chi connectivity index (χ2v) is 6.18. The van der Waals surface area contributed by atoms with Crippen molar-refractivity contribution in [2.75, 3.05) is 33.2 Å². The van der Waals surface area contributed by atoms with Gasteiger partial charge in [0.1, 0.15) is 5.60 Å². The quantitative estimate of drug-likeness (QED) is 0.717. The van der Waals surface area contributed by atoms with E-state index in [1.807, 2.05) is 20.8 Å². The van der Waals surface area contributed by atoms with E-state index >= 15 is 0 Å². The van der Waals surface area contributed by atoms with E-state index in [0.29, 0.717) is 12.5 Å². The molecule has 1 aliphatic rings. The van der Waals surface area contributed by atoms with Crippen molar-refractivity contribution in [3.63, 3.8) is 0 Å². The Labute approximate surface area is 111 Å². The molecule has 4 nitrogen and oxygen atoms in total. The van der Waals surface area contributed by atoms with Gasteiger partial charge in [0.25, 0.3) is 0 Å². The monoisotopic (exact) mass is 256 g/mol. The molecule has 0 spiro atoms. The fourth-order valence-corrected chi connectivity index (χ4v) is 2.30. The standard InChI is InChI=1S/C14H28N2O2/c1-6-12-11-16(10-9-15(12)5)8-7-13(17)18-14(2,3)4/h12H,6-11H2,1-5H3. The van der Waals surface area contributed by atoms with Crippen LogP contribution in [0.15, 0.2) is 0 Å². The Morgan fingerprint density at radius 2 is 2.00 bits per heavy atom. The predicted octanol–water partition coefficient (Wildman–Crippen LogP) is 1.74. The number of rotatable bonds is 4. The maximum Gasteiger partial charge on any atom is 0.307 e. The van der Waals surface area contributed by atoms with E-state index in [9.17, 15) is 4.79 Å². The third-order valence-corrected chi connectivity index (χ3v) is 3.38. The van der Waals surface area contributed by atoms with E-state index in [1.165, 1.54) is 6.42 Å². The summed E-state index contributed by atoms with van der Waals surface area (Å²) in [7, 11) is 2.18. The van der Waals surface area contributed by atoms with Gasteiger partial charge in [0.05, 0.1) is 6.42 Å². The van der Waals surface area contributed by atoms with Crippen LogP contribution in [0.2, 0.25) is 0 Å². The van der Waals surface area contributed by atoms with Crippen LogP contribution in [0.5, 0.6) is 0 Å². The van der Waals surface area contributed by atoms with Gasteiger partial charge in [-0.15, -0.1) is 0 Å². The number of carbonyl (C=O) groups is 1. The lowest BCUT2D eigenvalue weighted by Gasteiger charge is -2.39. The molecule has 1 saturated heterocycles. The highest BCUT2D eigenvalue weighted by molar-refractivity contribution is 5.70. The van der Waals surface area contributed by atoms with Crippen LogP contribution in [0.25, 0.3) is 0 Å². The lowest BCUT2D eigenvalue weighted by molar-refractivity contribution is -0.155. The average Bonchev–Trinajstić information content (AvgIpc) is 2.25. The molecule has 0 aliphatic carbocycles. The van der Waals surface area contributed by atoms with Gasteiger partial charge in [0.15, 0.2) is 0 Å². The van der Waals surface area contributed by atoms with Gasteiger partial charge in [-0.25, -0.2) is 0 Å². The number of carbonyl (C=O) groups excluding carboxylic acids is 1. The normalized spacial score (nSPS) is 23.1. The number of likely N-dealkylation sites (N-methyl/N-ethyl adjacent to an activating group) is 1. The number of esters is 1. The first kappa shape index (κ1) is 15.4. The molecule has 18 heavy (non-hydrogen) atoms. The highest BCUT2D eigenvalue weighted by atomic mass is 16.6. The Balaban J connectivity index is 2.29. The number of ether oxygens (including phenoxy) is 1. The van der Waals surface area contributed by atoms with Crippen LogP contribution in [-0.2, 0) is 9.53 Å². The molecule has 4 heteroatoms. The van der Waals surface area contributed by atoms with Crippen molar-refractivity contribution in [1.82, 2.24) is 9.80 Å². The number of hydrogen-bond donors (Lipinski definition) is 0. The zero-order chi connectivity index (χ0) is 13.8. The molecule has 0 aromatic carbocycles. The summed E-state index contributed by atoms with van der Waals surface area (Å²) in [6.45, 7) is 12.0. The van der Waals surface area contributed by atoms with Crippen molar-refractivity contribution in [2.45, 2.75) is 52.2 Å². The van der Waals surface area contributed by atoms with E-state index in [2.05, 4.69) is 23.8 Å². The van der Waals surface area contributed by atoms with Gasteiger partial charge in [0.2, 0.25) is 0 Å². The third-order valence-electron chi connectivity index (χ3n) is 3.38. The van der Waals surface area contributed by atoms with Crippen LogP contribution in [0.3, 0.4) is 0 Å². The lowest BCUT2D eigenvalue weighted by Crippen LogP contribution is -2.51. The fraction of sp³-hybridized carbons (Fsp3) is 0.929. The Kier molecular flexibility index (Phi) is 5.60. The summed E-state index contributed by atoms with van der Waals surface area (Å²) in [6, 6.07) is 0.623. The molecular formula is C14H28N2O2. The SMILES string of the molecule is CCC1CN(CCC(=O)OC(C)(C)C)CCN1C. The summed E-state index contributed by atoms with van der Waals surface area (Å²) in [4.78, 5) is 16.4. The maximum atomic E-state index is 11.7. The van der Waals surface area contributed by atoms with E-state index in [-0.39, 0.29) is 11.6 Å². The number of piperazine rings is 1. The van der Waals surface area contributed by atoms with Crippen LogP contribution >= 0.6 is 0 Å². The zero-order valence-electron chi connectivity index (χ0n) is 12.5. The Morgan fingerprint density at radius 3 is 2.56 bits per heavy atom. The minimum atomic E-state index is -0.370. The third kappa shape index (κ3) is 5.36. The van der Waals surface area contributed by atoms with Gasteiger partial charge < -0.3 is 9.64 Å². The molecule has 106 valence electrons. The second kappa shape index (κ2) is 6.53. The molecule has 1 unspecified atom stereocenters. The first-order valence-electron chi connectivity index (χ1n) is 6.96. The molecule has 0 aromatic heterocycles. The molecule has 1 aliphatic heterocycles. The van der Waals surface area contributed by atoms with E-state index in [1.54, 1.807) is 0 Å². The van der Waals surface area contributed by atoms with Gasteiger partial charge in [0, 0.05) is 32.2 Å². The van der Waals surface area contributed by atoms with Crippen LogP contribution in [0.4, 0.5) is 0 Å². The Morgan fingerprint density at radius 1 is 1.33 bits per heavy atom. The van der Waals surface area contributed by atoms with E-state index in [4.69, 9.17) is 4.74 Å². The highest BCUT2D eigenvalue weighted by Gasteiger charge is 2.23. The van der Waals surface area contributed by atoms with E-state index < -0.39 is 0 Å². The molecular weight excluding hydrogens is 228 g/mol. The summed E-state index contributed by atoms with van der Waals surface area (Å²) >= 11 is 0. The van der Waals surface area contributed by atoms with Crippen molar-refractivity contribution in [1.29, 1.82) is 0 Å². The Bertz CT molecular complexity index is 273. The van der Waals surface area contributed by atoms with Crippen molar-refractivity contribution in [3.05, 3.63) is 0 Å². The molecule has 0 amide bonds. The van der Waals surface area contributed by atoms with Gasteiger partial charge in [-0.2, -0.15) is 0 Å². The van der Waals surface area contributed by atoms with Crippen molar-refractivity contribution in [3.8, 4) is 0 Å². The highest BCUT2D eigenvalue weighted by Crippen LogP contribution is 2.12. The number of nitrogens with zero attached hydrogens (tertiary/aromatic N) is 2. The van der Waals surface area contributed by atoms with Gasteiger partial charge in [-0.1, -0.05) is 6.92 Å². The molecule has 1 fully saturated rings. The maximum absolute atomic E-state index is 11.7. The summed E-state index contributed by atoms with van der Waals surface area (Å²) in [5.41, 5.74) is -0.370. The molecule has 0 N–H and O–H groups in total. The zero-order valence-corrected chi connectivity index (χ0v) is 12.5. The minimum absolute atomic E-state index is 0.0884. The molecule has 0 bridgehead atoms. The smallest absolute Gasteiger partial charge is 0.307 e. The predicted molar refractivity (Wildman–Crippen MR) is 73.6 cm³/mol. The topological polar surface area (TPSA) is 32.8 Å². The van der Waals surface area contributed by atoms with Crippen LogP contribution < -0.4 is 0 Å². The summed E-state index contributed by atoms with van der Waals surface area (Å²) in [5, 5.41) is 0. The molecule has 1 heterocycles.